The molecular formula is C19H29IN6O. The van der Waals surface area contributed by atoms with Gasteiger partial charge in [0.1, 0.15) is 18.1 Å². The van der Waals surface area contributed by atoms with Gasteiger partial charge in [0, 0.05) is 26.7 Å². The maximum absolute atomic E-state index is 5.21. The zero-order valence-corrected chi connectivity index (χ0v) is 18.6. The number of nitrogens with one attached hydrogen (secondary N) is 1. The van der Waals surface area contributed by atoms with Crippen LogP contribution in [0.4, 0.5) is 0 Å². The summed E-state index contributed by atoms with van der Waals surface area (Å²) in [7, 11) is 3.67. The molecule has 1 aliphatic heterocycles. The van der Waals surface area contributed by atoms with Crippen LogP contribution in [0, 0.1) is 6.92 Å². The molecule has 0 spiro atoms. The molecule has 1 aromatic carbocycles. The summed E-state index contributed by atoms with van der Waals surface area (Å²) in [6.07, 6.45) is 3.39. The number of aryl methyl sites for hydroxylation is 1. The zero-order valence-electron chi connectivity index (χ0n) is 16.3. The standard InChI is InChI=1S/C19H28N6O.HI/c1-15-22-23-18(24(15)2)14-21-19(25-12-4-5-13-25)20-11-10-16-6-8-17(26-3)9-7-16;/h6-9H,4-5,10-14H2,1-3H3,(H,20,21);1H. The number of guanidine groups is 1. The van der Waals surface area contributed by atoms with Gasteiger partial charge < -0.3 is 19.5 Å². The van der Waals surface area contributed by atoms with Gasteiger partial charge in [0.05, 0.1) is 7.11 Å². The Morgan fingerprint density at radius 1 is 1.19 bits per heavy atom. The number of halogens is 1. The fraction of sp³-hybridized carbons (Fsp3) is 0.526. The number of nitrogens with zero attached hydrogens (tertiary/aromatic N) is 5. The molecule has 2 heterocycles. The summed E-state index contributed by atoms with van der Waals surface area (Å²) in [6.45, 7) is 5.46. The van der Waals surface area contributed by atoms with Gasteiger partial charge in [-0.1, -0.05) is 12.1 Å². The van der Waals surface area contributed by atoms with Crippen LogP contribution < -0.4 is 10.1 Å². The zero-order chi connectivity index (χ0) is 18.4. The van der Waals surface area contributed by atoms with Crippen molar-refractivity contribution in [2.45, 2.75) is 32.7 Å². The summed E-state index contributed by atoms with van der Waals surface area (Å²) in [4.78, 5) is 7.13. The third-order valence-electron chi connectivity index (χ3n) is 4.81. The number of hydrogen-bond acceptors (Lipinski definition) is 4. The van der Waals surface area contributed by atoms with Gasteiger partial charge in [0.2, 0.25) is 0 Å². The predicted octanol–water partition coefficient (Wildman–Crippen LogP) is 2.53. The van der Waals surface area contributed by atoms with E-state index in [1.807, 2.05) is 30.7 Å². The van der Waals surface area contributed by atoms with Crippen LogP contribution in [0.2, 0.25) is 0 Å². The van der Waals surface area contributed by atoms with Crippen molar-refractivity contribution < 1.29 is 4.74 Å². The summed E-state index contributed by atoms with van der Waals surface area (Å²) >= 11 is 0. The second-order valence-corrected chi connectivity index (χ2v) is 6.58. The van der Waals surface area contributed by atoms with Crippen LogP contribution >= 0.6 is 24.0 Å². The highest BCUT2D eigenvalue weighted by Crippen LogP contribution is 2.12. The van der Waals surface area contributed by atoms with Crippen LogP contribution in [0.5, 0.6) is 5.75 Å². The molecule has 148 valence electrons. The van der Waals surface area contributed by atoms with Gasteiger partial charge in [0.25, 0.3) is 0 Å². The first-order valence-electron chi connectivity index (χ1n) is 9.18. The first-order valence-corrected chi connectivity index (χ1v) is 9.18. The number of benzene rings is 1. The Kier molecular flexibility index (Phi) is 8.33. The van der Waals surface area contributed by atoms with Gasteiger partial charge in [-0.25, -0.2) is 4.99 Å². The Morgan fingerprint density at radius 2 is 1.89 bits per heavy atom. The van der Waals surface area contributed by atoms with E-state index in [2.05, 4.69) is 32.5 Å². The molecule has 0 aliphatic carbocycles. The topological polar surface area (TPSA) is 67.6 Å². The lowest BCUT2D eigenvalue weighted by atomic mass is 10.1. The molecule has 0 amide bonds. The van der Waals surface area contributed by atoms with E-state index in [1.54, 1.807) is 7.11 Å². The number of aromatic nitrogens is 3. The molecule has 1 aliphatic rings. The molecule has 1 fully saturated rings. The number of likely N-dealkylation sites (tertiary alicyclic amines) is 1. The van der Waals surface area contributed by atoms with Gasteiger partial charge in [-0.05, 0) is 43.9 Å². The van der Waals surface area contributed by atoms with Crippen molar-refractivity contribution in [3.63, 3.8) is 0 Å². The largest absolute Gasteiger partial charge is 0.497 e. The van der Waals surface area contributed by atoms with Gasteiger partial charge in [-0.2, -0.15) is 0 Å². The highest BCUT2D eigenvalue weighted by Gasteiger charge is 2.16. The molecule has 0 unspecified atom stereocenters. The minimum Gasteiger partial charge on any atom is -0.497 e. The first kappa shape index (κ1) is 21.5. The smallest absolute Gasteiger partial charge is 0.194 e. The van der Waals surface area contributed by atoms with E-state index in [0.29, 0.717) is 6.54 Å². The van der Waals surface area contributed by atoms with Crippen molar-refractivity contribution >= 4 is 29.9 Å². The van der Waals surface area contributed by atoms with Crippen molar-refractivity contribution in [3.8, 4) is 5.75 Å². The monoisotopic (exact) mass is 484 g/mol. The maximum Gasteiger partial charge on any atom is 0.194 e. The second-order valence-electron chi connectivity index (χ2n) is 6.58. The van der Waals surface area contributed by atoms with Gasteiger partial charge in [0.15, 0.2) is 11.8 Å². The third-order valence-corrected chi connectivity index (χ3v) is 4.81. The number of ether oxygens (including phenoxy) is 1. The predicted molar refractivity (Wildman–Crippen MR) is 118 cm³/mol. The van der Waals surface area contributed by atoms with Crippen LogP contribution in [0.15, 0.2) is 29.3 Å². The SMILES string of the molecule is COc1ccc(CCNC(=NCc2nnc(C)n2C)N2CCCC2)cc1.I. The fourth-order valence-electron chi connectivity index (χ4n) is 3.04. The van der Waals surface area contributed by atoms with Gasteiger partial charge >= 0.3 is 0 Å². The molecule has 0 bridgehead atoms. The average molecular weight is 484 g/mol. The highest BCUT2D eigenvalue weighted by atomic mass is 127. The molecule has 0 atom stereocenters. The quantitative estimate of drug-likeness (QED) is 0.388. The summed E-state index contributed by atoms with van der Waals surface area (Å²) in [5.74, 6) is 3.65. The number of rotatable bonds is 6. The fourth-order valence-corrected chi connectivity index (χ4v) is 3.04. The number of methoxy groups -OCH3 is 1. The van der Waals surface area contributed by atoms with E-state index in [4.69, 9.17) is 9.73 Å². The van der Waals surface area contributed by atoms with Crippen molar-refractivity contribution in [1.29, 1.82) is 0 Å². The van der Waals surface area contributed by atoms with E-state index in [1.165, 1.54) is 18.4 Å². The summed E-state index contributed by atoms with van der Waals surface area (Å²) < 4.78 is 7.20. The first-order chi connectivity index (χ1) is 12.7. The van der Waals surface area contributed by atoms with Crippen LogP contribution in [-0.4, -0.2) is 52.4 Å². The Labute approximate surface area is 178 Å². The molecule has 2 aromatic rings. The van der Waals surface area contributed by atoms with Crippen molar-refractivity contribution in [2.24, 2.45) is 12.0 Å². The molecule has 7 nitrogen and oxygen atoms in total. The molecule has 1 N–H and O–H groups in total. The van der Waals surface area contributed by atoms with E-state index in [-0.39, 0.29) is 24.0 Å². The van der Waals surface area contributed by atoms with Crippen LogP contribution in [0.1, 0.15) is 30.1 Å². The second kappa shape index (κ2) is 10.5. The summed E-state index contributed by atoms with van der Waals surface area (Å²) in [5, 5.41) is 11.8. The summed E-state index contributed by atoms with van der Waals surface area (Å²) in [5.41, 5.74) is 1.28. The van der Waals surface area contributed by atoms with Crippen LogP contribution in [0.3, 0.4) is 0 Å². The number of hydrogen-bond donors (Lipinski definition) is 1. The Bertz CT molecular complexity index is 737. The van der Waals surface area contributed by atoms with Crippen LogP contribution in [-0.2, 0) is 20.0 Å². The molecule has 0 saturated carbocycles. The minimum atomic E-state index is 0. The Hall–Kier alpha value is -1.84. The van der Waals surface area contributed by atoms with Crippen molar-refractivity contribution in [2.75, 3.05) is 26.7 Å². The lowest BCUT2D eigenvalue weighted by Crippen LogP contribution is -2.40. The third kappa shape index (κ3) is 5.82. The molecule has 8 heteroatoms. The van der Waals surface area contributed by atoms with Gasteiger partial charge in [-0.3, -0.25) is 0 Å². The summed E-state index contributed by atoms with van der Waals surface area (Å²) in [6, 6.07) is 8.22. The van der Waals surface area contributed by atoms with Crippen molar-refractivity contribution in [3.05, 3.63) is 41.5 Å². The van der Waals surface area contributed by atoms with Crippen LogP contribution in [0.25, 0.3) is 0 Å². The average Bonchev–Trinajstić information content (AvgIpc) is 3.30. The highest BCUT2D eigenvalue weighted by molar-refractivity contribution is 14.0. The lowest BCUT2D eigenvalue weighted by molar-refractivity contribution is 0.414. The van der Waals surface area contributed by atoms with Gasteiger partial charge in [-0.15, -0.1) is 34.2 Å². The molecule has 1 aromatic heterocycles. The lowest BCUT2D eigenvalue weighted by Gasteiger charge is -2.21. The molecular weight excluding hydrogens is 455 g/mol. The maximum atomic E-state index is 5.21. The minimum absolute atomic E-state index is 0. The number of aliphatic imine (C=N–C) groups is 1. The molecule has 1 saturated heterocycles. The molecule has 0 radical (unpaired) electrons. The molecule has 27 heavy (non-hydrogen) atoms. The van der Waals surface area contributed by atoms with Crippen molar-refractivity contribution in [1.82, 2.24) is 25.0 Å². The van der Waals surface area contributed by atoms with E-state index < -0.39 is 0 Å². The normalized spacial score (nSPS) is 14.2. The Balaban J connectivity index is 0.00000261. The molecule has 3 rings (SSSR count). The van der Waals surface area contributed by atoms with E-state index in [0.717, 1.165) is 49.4 Å². The van der Waals surface area contributed by atoms with E-state index in [9.17, 15) is 0 Å². The van der Waals surface area contributed by atoms with E-state index >= 15 is 0 Å². The Morgan fingerprint density at radius 3 is 2.48 bits per heavy atom.